The lowest BCUT2D eigenvalue weighted by Crippen LogP contribution is -2.15. The van der Waals surface area contributed by atoms with E-state index in [9.17, 15) is 14.0 Å². The van der Waals surface area contributed by atoms with E-state index < -0.39 is 11.7 Å². The van der Waals surface area contributed by atoms with Gasteiger partial charge in [0.1, 0.15) is 23.7 Å². The predicted octanol–water partition coefficient (Wildman–Crippen LogP) is 0.502. The standard InChI is InChI=1S/C9H8FNO3/c10-6-2-1-3-7(14-5-4-12)8(6)9(11)13/h1-4H,5H2,(H2,11,13). The molecule has 0 atom stereocenters. The highest BCUT2D eigenvalue weighted by molar-refractivity contribution is 5.95. The average molecular weight is 197 g/mol. The molecule has 0 aromatic heterocycles. The molecule has 0 fully saturated rings. The van der Waals surface area contributed by atoms with Gasteiger partial charge in [-0.25, -0.2) is 4.39 Å². The topological polar surface area (TPSA) is 69.4 Å². The van der Waals surface area contributed by atoms with E-state index in [-0.39, 0.29) is 17.9 Å². The third kappa shape index (κ3) is 2.07. The predicted molar refractivity (Wildman–Crippen MR) is 46.5 cm³/mol. The second-order valence-corrected chi connectivity index (χ2v) is 2.45. The van der Waals surface area contributed by atoms with Crippen molar-refractivity contribution in [2.45, 2.75) is 0 Å². The summed E-state index contributed by atoms with van der Waals surface area (Å²) in [6.07, 6.45) is 0.496. The number of hydrogen-bond acceptors (Lipinski definition) is 3. The molecule has 1 aromatic rings. The molecule has 0 aliphatic heterocycles. The first kappa shape index (κ1) is 10.2. The van der Waals surface area contributed by atoms with Crippen LogP contribution in [0.1, 0.15) is 10.4 Å². The molecule has 0 saturated heterocycles. The van der Waals surface area contributed by atoms with Crippen LogP contribution in [0, 0.1) is 5.82 Å². The second-order valence-electron chi connectivity index (χ2n) is 2.45. The molecular formula is C9H8FNO3. The van der Waals surface area contributed by atoms with Gasteiger partial charge in [-0.05, 0) is 12.1 Å². The van der Waals surface area contributed by atoms with Gasteiger partial charge in [-0.15, -0.1) is 0 Å². The molecule has 1 aromatic carbocycles. The molecule has 4 nitrogen and oxygen atoms in total. The first-order valence-corrected chi connectivity index (χ1v) is 3.81. The summed E-state index contributed by atoms with van der Waals surface area (Å²) in [7, 11) is 0. The third-order valence-corrected chi connectivity index (χ3v) is 1.53. The Kier molecular flexibility index (Phi) is 3.17. The molecule has 0 heterocycles. The van der Waals surface area contributed by atoms with Crippen molar-refractivity contribution < 1.29 is 18.7 Å². The van der Waals surface area contributed by atoms with E-state index in [1.54, 1.807) is 0 Å². The Labute approximate surface area is 79.5 Å². The van der Waals surface area contributed by atoms with E-state index >= 15 is 0 Å². The molecule has 5 heteroatoms. The zero-order valence-electron chi connectivity index (χ0n) is 7.20. The molecule has 2 N–H and O–H groups in total. The van der Waals surface area contributed by atoms with Gasteiger partial charge in [0.05, 0.1) is 0 Å². The molecule has 0 bridgehead atoms. The number of carbonyl (C=O) groups is 2. The first-order chi connectivity index (χ1) is 6.66. The molecule has 0 aliphatic rings. The highest BCUT2D eigenvalue weighted by Gasteiger charge is 2.14. The van der Waals surface area contributed by atoms with Crippen molar-refractivity contribution in [3.05, 3.63) is 29.6 Å². The van der Waals surface area contributed by atoms with Gasteiger partial charge in [0.15, 0.2) is 6.29 Å². The van der Waals surface area contributed by atoms with Crippen LogP contribution in [0.25, 0.3) is 0 Å². The smallest absolute Gasteiger partial charge is 0.255 e. The fourth-order valence-electron chi connectivity index (χ4n) is 0.988. The maximum atomic E-state index is 13.1. The summed E-state index contributed by atoms with van der Waals surface area (Å²) >= 11 is 0. The molecule has 1 rings (SSSR count). The van der Waals surface area contributed by atoms with Crippen molar-refractivity contribution in [3.63, 3.8) is 0 Å². The highest BCUT2D eigenvalue weighted by atomic mass is 19.1. The van der Waals surface area contributed by atoms with Crippen LogP contribution >= 0.6 is 0 Å². The van der Waals surface area contributed by atoms with Gasteiger partial charge in [-0.1, -0.05) is 6.07 Å². The van der Waals surface area contributed by atoms with Gasteiger partial charge in [0.25, 0.3) is 5.91 Å². The quantitative estimate of drug-likeness (QED) is 0.714. The van der Waals surface area contributed by atoms with E-state index in [4.69, 9.17) is 10.5 Å². The molecule has 1 amide bonds. The monoisotopic (exact) mass is 197 g/mol. The third-order valence-electron chi connectivity index (χ3n) is 1.53. The number of carbonyl (C=O) groups excluding carboxylic acids is 2. The van der Waals surface area contributed by atoms with Crippen molar-refractivity contribution in [2.75, 3.05) is 6.61 Å². The molecule has 0 spiro atoms. The summed E-state index contributed by atoms with van der Waals surface area (Å²) in [5.74, 6) is -1.71. The van der Waals surface area contributed by atoms with Crippen LogP contribution in [0.2, 0.25) is 0 Å². The Morgan fingerprint density at radius 3 is 2.86 bits per heavy atom. The minimum absolute atomic E-state index is 0.0235. The van der Waals surface area contributed by atoms with Crippen LogP contribution in [-0.2, 0) is 4.79 Å². The zero-order valence-corrected chi connectivity index (χ0v) is 7.20. The largest absolute Gasteiger partial charge is 0.485 e. The molecule has 0 radical (unpaired) electrons. The minimum atomic E-state index is -0.927. The lowest BCUT2D eigenvalue weighted by Gasteiger charge is -2.06. The number of amides is 1. The number of ether oxygens (including phenoxy) is 1. The summed E-state index contributed by atoms with van der Waals surface area (Å²) in [4.78, 5) is 20.8. The normalized spacial score (nSPS) is 9.50. The van der Waals surface area contributed by atoms with E-state index in [0.717, 1.165) is 6.07 Å². The number of aldehydes is 1. The average Bonchev–Trinajstić information content (AvgIpc) is 2.14. The van der Waals surface area contributed by atoms with Gasteiger partial charge in [0, 0.05) is 0 Å². The van der Waals surface area contributed by atoms with Gasteiger partial charge in [0.2, 0.25) is 0 Å². The van der Waals surface area contributed by atoms with Crippen LogP contribution in [0.4, 0.5) is 4.39 Å². The molecule has 74 valence electrons. The van der Waals surface area contributed by atoms with Crippen LogP contribution < -0.4 is 10.5 Å². The van der Waals surface area contributed by atoms with E-state index in [1.165, 1.54) is 12.1 Å². The van der Waals surface area contributed by atoms with Crippen LogP contribution in [0.15, 0.2) is 18.2 Å². The Balaban J connectivity index is 3.07. The lowest BCUT2D eigenvalue weighted by molar-refractivity contribution is -0.109. The van der Waals surface area contributed by atoms with Crippen molar-refractivity contribution in [1.82, 2.24) is 0 Å². The fraction of sp³-hybridized carbons (Fsp3) is 0.111. The molecule has 0 saturated carbocycles. The van der Waals surface area contributed by atoms with E-state index in [1.807, 2.05) is 0 Å². The van der Waals surface area contributed by atoms with Crippen molar-refractivity contribution in [2.24, 2.45) is 5.73 Å². The molecule has 0 aliphatic carbocycles. The fourth-order valence-corrected chi connectivity index (χ4v) is 0.988. The zero-order chi connectivity index (χ0) is 10.6. The number of rotatable bonds is 4. The minimum Gasteiger partial charge on any atom is -0.485 e. The maximum Gasteiger partial charge on any atom is 0.255 e. The van der Waals surface area contributed by atoms with Gasteiger partial charge < -0.3 is 10.5 Å². The summed E-state index contributed by atoms with van der Waals surface area (Å²) in [5, 5.41) is 0. The number of nitrogens with two attached hydrogens (primary N) is 1. The van der Waals surface area contributed by atoms with Crippen molar-refractivity contribution >= 4 is 12.2 Å². The Bertz CT molecular complexity index is 365. The first-order valence-electron chi connectivity index (χ1n) is 3.81. The molecule has 14 heavy (non-hydrogen) atoms. The van der Waals surface area contributed by atoms with Crippen LogP contribution in [0.3, 0.4) is 0 Å². The highest BCUT2D eigenvalue weighted by Crippen LogP contribution is 2.20. The van der Waals surface area contributed by atoms with Gasteiger partial charge in [-0.3, -0.25) is 9.59 Å². The Morgan fingerprint density at radius 2 is 2.29 bits per heavy atom. The van der Waals surface area contributed by atoms with Crippen LogP contribution in [0.5, 0.6) is 5.75 Å². The van der Waals surface area contributed by atoms with Crippen molar-refractivity contribution in [1.29, 1.82) is 0 Å². The summed E-state index contributed by atoms with van der Waals surface area (Å²) in [6.45, 7) is -0.246. The summed E-state index contributed by atoms with van der Waals surface area (Å²) in [6, 6.07) is 3.82. The second kappa shape index (κ2) is 4.36. The summed E-state index contributed by atoms with van der Waals surface area (Å²) < 4.78 is 17.9. The number of primary amides is 1. The van der Waals surface area contributed by atoms with Crippen LogP contribution in [-0.4, -0.2) is 18.8 Å². The van der Waals surface area contributed by atoms with Crippen molar-refractivity contribution in [3.8, 4) is 5.75 Å². The maximum absolute atomic E-state index is 13.1. The van der Waals surface area contributed by atoms with E-state index in [2.05, 4.69) is 0 Å². The number of hydrogen-bond donors (Lipinski definition) is 1. The van der Waals surface area contributed by atoms with Gasteiger partial charge >= 0.3 is 0 Å². The lowest BCUT2D eigenvalue weighted by atomic mass is 10.2. The Hall–Kier alpha value is -1.91. The number of benzene rings is 1. The molecule has 0 unspecified atom stereocenters. The molecular weight excluding hydrogens is 189 g/mol. The number of halogens is 1. The van der Waals surface area contributed by atoms with E-state index in [0.29, 0.717) is 6.29 Å². The summed E-state index contributed by atoms with van der Waals surface area (Å²) in [5.41, 5.74) is 4.60. The van der Waals surface area contributed by atoms with Gasteiger partial charge in [-0.2, -0.15) is 0 Å². The SMILES string of the molecule is NC(=O)c1c(F)cccc1OCC=O. The Morgan fingerprint density at radius 1 is 1.57 bits per heavy atom.